The van der Waals surface area contributed by atoms with E-state index in [-0.39, 0.29) is 34.5 Å². The minimum Gasteiger partial charge on any atom is -0.506 e. The van der Waals surface area contributed by atoms with Crippen LogP contribution in [0.15, 0.2) is 64.0 Å². The number of nitrogens with zero attached hydrogens (tertiary/aromatic N) is 2. The molecule has 1 heterocycles. The molecular weight excluding hydrogens is 415 g/mol. The zero-order chi connectivity index (χ0) is 21.2. The van der Waals surface area contributed by atoms with Crippen molar-refractivity contribution in [1.82, 2.24) is 5.16 Å². The first-order valence-electron chi connectivity index (χ1n) is 8.90. The van der Waals surface area contributed by atoms with Crippen molar-refractivity contribution in [2.75, 3.05) is 0 Å². The summed E-state index contributed by atoms with van der Waals surface area (Å²) in [6.45, 7) is 6.69. The molecule has 0 fully saturated rings. The number of carbonyl (C=O) groups is 1. The Morgan fingerprint density at radius 2 is 1.60 bits per heavy atom. The van der Waals surface area contributed by atoms with Gasteiger partial charge in [-0.1, -0.05) is 47.6 Å². The van der Waals surface area contributed by atoms with Crippen LogP contribution in [0.1, 0.15) is 26.5 Å². The van der Waals surface area contributed by atoms with Gasteiger partial charge in [-0.3, -0.25) is 4.79 Å². The number of amides is 1. The van der Waals surface area contributed by atoms with Crippen LogP contribution in [0.5, 0.6) is 0 Å². The number of hydrogen-bond donors (Lipinski definition) is 0. The van der Waals surface area contributed by atoms with Crippen LogP contribution in [-0.4, -0.2) is 25.3 Å². The fraction of sp³-hybridized carbons (Fsp3) is 0.238. The molecule has 0 unspecified atom stereocenters. The predicted molar refractivity (Wildman–Crippen MR) is 109 cm³/mol. The second-order valence-corrected chi connectivity index (χ2v) is 9.00. The maximum absolute atomic E-state index is 12.4. The maximum Gasteiger partial charge on any atom is 1.00 e. The minimum atomic E-state index is -4.18. The molecule has 0 aliphatic heterocycles. The Bertz CT molecular complexity index is 1120. The van der Waals surface area contributed by atoms with E-state index in [4.69, 9.17) is 9.26 Å². The summed E-state index contributed by atoms with van der Waals surface area (Å²) < 4.78 is 38.3. The number of benzene rings is 2. The first-order chi connectivity index (χ1) is 13.6. The Labute approximate surface area is 198 Å². The molecule has 0 aliphatic rings. The van der Waals surface area contributed by atoms with Gasteiger partial charge in [0, 0.05) is 5.56 Å². The first-order valence-corrected chi connectivity index (χ1v) is 10.3. The molecule has 0 saturated carbocycles. The third-order valence-corrected chi connectivity index (χ3v) is 5.20. The first kappa shape index (κ1) is 24.1. The van der Waals surface area contributed by atoms with Crippen molar-refractivity contribution in [3.63, 3.8) is 0 Å². The van der Waals surface area contributed by atoms with Gasteiger partial charge in [0.1, 0.15) is 27.1 Å². The second-order valence-electron chi connectivity index (χ2n) is 7.40. The molecule has 1 amide bonds. The van der Waals surface area contributed by atoms with Crippen LogP contribution in [0, 0.1) is 6.92 Å². The molecule has 9 heteroatoms. The molecule has 30 heavy (non-hydrogen) atoms. The normalized spacial score (nSPS) is 11.5. The molecule has 1 aromatic heterocycles. The van der Waals surface area contributed by atoms with Crippen molar-refractivity contribution in [3.8, 4) is 22.4 Å². The standard InChI is InChI=1S/C21H22N2O5S.Na/c1-14-18(19(22-28-14)16-8-6-5-7-9-16)15-10-12-17(13-11-15)29(25,26)23-20(24)27-21(2,3)4;/h5-13H,1-4H3,(H,23,24);/q;+1/p-1. The summed E-state index contributed by atoms with van der Waals surface area (Å²) in [5, 5.41) is 4.13. The van der Waals surface area contributed by atoms with E-state index in [1.165, 1.54) is 12.1 Å². The molecule has 3 aromatic rings. The molecule has 152 valence electrons. The van der Waals surface area contributed by atoms with E-state index in [1.807, 2.05) is 30.3 Å². The topological polar surface area (TPSA) is 101 Å². The fourth-order valence-corrected chi connectivity index (χ4v) is 3.55. The fourth-order valence-electron chi connectivity index (χ4n) is 2.73. The second kappa shape index (κ2) is 9.34. The summed E-state index contributed by atoms with van der Waals surface area (Å²) in [6, 6.07) is 15.6. The van der Waals surface area contributed by atoms with Gasteiger partial charge < -0.3 is 14.0 Å². The number of rotatable bonds is 4. The zero-order valence-electron chi connectivity index (χ0n) is 17.5. The summed E-state index contributed by atoms with van der Waals surface area (Å²) in [5.41, 5.74) is 2.22. The third kappa shape index (κ3) is 5.72. The summed E-state index contributed by atoms with van der Waals surface area (Å²) in [6.07, 6.45) is -1.15. The molecule has 0 atom stereocenters. The molecule has 2 aromatic carbocycles. The van der Waals surface area contributed by atoms with Crippen LogP contribution in [0.3, 0.4) is 0 Å². The van der Waals surface area contributed by atoms with E-state index in [9.17, 15) is 13.2 Å². The van der Waals surface area contributed by atoms with Crippen LogP contribution < -0.4 is 29.6 Å². The van der Waals surface area contributed by atoms with Gasteiger partial charge in [-0.2, -0.15) is 0 Å². The molecule has 0 radical (unpaired) electrons. The van der Waals surface area contributed by atoms with Crippen LogP contribution in [0.4, 0.5) is 4.79 Å². The molecule has 0 saturated heterocycles. The van der Waals surface area contributed by atoms with Gasteiger partial charge in [0.25, 0.3) is 0 Å². The van der Waals surface area contributed by atoms with E-state index in [1.54, 1.807) is 39.8 Å². The molecule has 0 N–H and O–H groups in total. The number of aromatic nitrogens is 1. The summed E-state index contributed by atoms with van der Waals surface area (Å²) in [4.78, 5) is 11.6. The van der Waals surface area contributed by atoms with E-state index in [2.05, 4.69) is 9.88 Å². The van der Waals surface area contributed by atoms with Crippen LogP contribution in [0.2, 0.25) is 0 Å². The summed E-state index contributed by atoms with van der Waals surface area (Å²) in [7, 11) is -4.18. The van der Waals surface area contributed by atoms with Gasteiger partial charge in [-0.05, 0) is 45.4 Å². The number of aryl methyl sites for hydroxylation is 1. The van der Waals surface area contributed by atoms with Crippen LogP contribution in [0.25, 0.3) is 27.1 Å². The average molecular weight is 436 g/mol. The van der Waals surface area contributed by atoms with Gasteiger partial charge in [-0.15, -0.1) is 0 Å². The number of hydrogen-bond acceptors (Lipinski definition) is 6. The van der Waals surface area contributed by atoms with Gasteiger partial charge >= 0.3 is 29.6 Å². The monoisotopic (exact) mass is 436 g/mol. The van der Waals surface area contributed by atoms with Gasteiger partial charge in [0.15, 0.2) is 0 Å². The Kier molecular flexibility index (Phi) is 7.52. The Hall–Kier alpha value is -2.13. The third-order valence-electron chi connectivity index (χ3n) is 3.94. The van der Waals surface area contributed by atoms with Gasteiger partial charge in [0.2, 0.25) is 6.09 Å². The van der Waals surface area contributed by atoms with E-state index in [0.29, 0.717) is 11.5 Å². The largest absolute Gasteiger partial charge is 1.00 e. The molecule has 0 spiro atoms. The van der Waals surface area contributed by atoms with Gasteiger partial charge in [-0.25, -0.2) is 8.42 Å². The smallest absolute Gasteiger partial charge is 0.506 e. The maximum atomic E-state index is 12.4. The van der Waals surface area contributed by atoms with Gasteiger partial charge in [0.05, 0.1) is 10.5 Å². The molecule has 0 aliphatic carbocycles. The van der Waals surface area contributed by atoms with E-state index in [0.717, 1.165) is 16.7 Å². The molecular formula is C21H21N2NaO5S. The summed E-state index contributed by atoms with van der Waals surface area (Å²) in [5.74, 6) is 0.609. The number of sulfonamides is 1. The van der Waals surface area contributed by atoms with E-state index >= 15 is 0 Å². The minimum absolute atomic E-state index is 0. The molecule has 0 bridgehead atoms. The van der Waals surface area contributed by atoms with Crippen LogP contribution in [-0.2, 0) is 14.8 Å². The number of carbonyl (C=O) groups excluding carboxylic acids is 1. The Morgan fingerprint density at radius 3 is 2.17 bits per heavy atom. The quantitative estimate of drug-likeness (QED) is 0.582. The van der Waals surface area contributed by atoms with Crippen molar-refractivity contribution in [2.45, 2.75) is 38.2 Å². The molecule has 3 rings (SSSR count). The van der Waals surface area contributed by atoms with Crippen molar-refractivity contribution >= 4 is 16.1 Å². The van der Waals surface area contributed by atoms with Crippen LogP contribution >= 0.6 is 0 Å². The predicted octanol–water partition coefficient (Wildman–Crippen LogP) is 2.32. The number of ether oxygens (including phenoxy) is 1. The Balaban J connectivity index is 0.00000320. The van der Waals surface area contributed by atoms with Crippen molar-refractivity contribution < 1.29 is 52.0 Å². The zero-order valence-corrected chi connectivity index (χ0v) is 20.4. The van der Waals surface area contributed by atoms with Crippen molar-refractivity contribution in [3.05, 3.63) is 65.1 Å². The van der Waals surface area contributed by atoms with Crippen molar-refractivity contribution in [1.29, 1.82) is 0 Å². The average Bonchev–Trinajstić information content (AvgIpc) is 3.02. The van der Waals surface area contributed by atoms with E-state index < -0.39 is 21.7 Å². The Morgan fingerprint density at radius 1 is 1.00 bits per heavy atom. The SMILES string of the molecule is Cc1onc(-c2ccccc2)c1-c1ccc(S(=O)(=O)[N-]C(=O)OC(C)(C)C)cc1.[Na+]. The summed E-state index contributed by atoms with van der Waals surface area (Å²) >= 11 is 0. The van der Waals surface area contributed by atoms with Crippen molar-refractivity contribution in [2.24, 2.45) is 0 Å². The molecule has 7 nitrogen and oxygen atoms in total.